The van der Waals surface area contributed by atoms with Crippen molar-refractivity contribution in [1.82, 2.24) is 19.9 Å². The molecule has 0 radical (unpaired) electrons. The van der Waals surface area contributed by atoms with Crippen molar-refractivity contribution in [3.05, 3.63) is 60.5 Å². The number of ether oxygens (including phenoxy) is 3. The number of rotatable bonds is 7. The summed E-state index contributed by atoms with van der Waals surface area (Å²) in [7, 11) is 0. The normalized spacial score (nSPS) is 15.9. The Balaban J connectivity index is 1.26. The summed E-state index contributed by atoms with van der Waals surface area (Å²) in [4.78, 5) is 37.6. The van der Waals surface area contributed by atoms with Crippen LogP contribution >= 0.6 is 0 Å². The van der Waals surface area contributed by atoms with Crippen LogP contribution in [0.4, 0.5) is 9.18 Å². The highest BCUT2D eigenvalue weighted by Crippen LogP contribution is 2.28. The van der Waals surface area contributed by atoms with Gasteiger partial charge in [-0.25, -0.2) is 19.2 Å². The number of hydrogen-bond donors (Lipinski definition) is 1. The molecule has 0 spiro atoms. The molecule has 1 aliphatic rings. The molecule has 11 nitrogen and oxygen atoms in total. The van der Waals surface area contributed by atoms with E-state index in [2.05, 4.69) is 15.0 Å². The number of halogens is 1. The lowest BCUT2D eigenvalue weighted by Gasteiger charge is -2.26. The summed E-state index contributed by atoms with van der Waals surface area (Å²) in [6.45, 7) is 1.99. The Morgan fingerprint density at radius 1 is 1.16 bits per heavy atom. The zero-order valence-electron chi connectivity index (χ0n) is 19.5. The first kappa shape index (κ1) is 24.0. The fourth-order valence-corrected chi connectivity index (χ4v) is 3.91. The Morgan fingerprint density at radius 2 is 1.95 bits per heavy atom. The highest BCUT2D eigenvalue weighted by molar-refractivity contribution is 5.81. The number of amides is 1. The molecule has 1 unspecified atom stereocenters. The molecule has 0 aliphatic carbocycles. The number of nitrogens with zero attached hydrogens (tertiary/aromatic N) is 4. The predicted molar refractivity (Wildman–Crippen MR) is 125 cm³/mol. The van der Waals surface area contributed by atoms with E-state index in [1.807, 2.05) is 0 Å². The van der Waals surface area contributed by atoms with Gasteiger partial charge in [0, 0.05) is 18.5 Å². The van der Waals surface area contributed by atoms with Gasteiger partial charge in [-0.1, -0.05) is 12.1 Å². The van der Waals surface area contributed by atoms with Crippen LogP contribution in [0.3, 0.4) is 0 Å². The molecule has 1 saturated heterocycles. The fourth-order valence-electron chi connectivity index (χ4n) is 3.91. The molecule has 2 aromatic carbocycles. The van der Waals surface area contributed by atoms with E-state index < -0.39 is 24.3 Å². The van der Waals surface area contributed by atoms with Gasteiger partial charge in [0.15, 0.2) is 23.9 Å². The maximum Gasteiger partial charge on any atom is 0.507 e. The molecule has 1 N–H and O–H groups in total. The Morgan fingerprint density at radius 3 is 2.70 bits per heavy atom. The van der Waals surface area contributed by atoms with E-state index in [0.29, 0.717) is 36.2 Å². The third-order valence-electron chi connectivity index (χ3n) is 5.65. The number of benzene rings is 2. The molecular formula is C25H21FN4O7. The van der Waals surface area contributed by atoms with Crippen molar-refractivity contribution in [1.29, 1.82) is 0 Å². The summed E-state index contributed by atoms with van der Waals surface area (Å²) < 4.78 is 35.5. The Labute approximate surface area is 209 Å². The topological polar surface area (TPSA) is 137 Å². The lowest BCUT2D eigenvalue weighted by molar-refractivity contribution is -0.145. The number of likely N-dealkylation sites (tertiary alicyclic amines) is 1. The predicted octanol–water partition coefficient (Wildman–Crippen LogP) is 4.63. The van der Waals surface area contributed by atoms with Crippen molar-refractivity contribution in [2.24, 2.45) is 0 Å². The van der Waals surface area contributed by atoms with Gasteiger partial charge in [0.1, 0.15) is 11.3 Å². The monoisotopic (exact) mass is 508 g/mol. The maximum absolute atomic E-state index is 13.8. The lowest BCUT2D eigenvalue weighted by atomic mass is 10.2. The first-order valence-corrected chi connectivity index (χ1v) is 11.4. The first-order chi connectivity index (χ1) is 17.9. The molecule has 5 rings (SSSR count). The molecule has 1 amide bonds. The number of oxazole rings is 1. The van der Waals surface area contributed by atoms with E-state index >= 15 is 0 Å². The van der Waals surface area contributed by atoms with Gasteiger partial charge in [-0.05, 0) is 49.7 Å². The third-order valence-corrected chi connectivity index (χ3v) is 5.65. The maximum atomic E-state index is 13.8. The number of fused-ring (bicyclic) bond motifs is 1. The van der Waals surface area contributed by atoms with Crippen molar-refractivity contribution in [2.75, 3.05) is 6.54 Å². The van der Waals surface area contributed by atoms with Crippen molar-refractivity contribution >= 4 is 23.3 Å². The lowest BCUT2D eigenvalue weighted by Crippen LogP contribution is -2.44. The van der Waals surface area contributed by atoms with E-state index in [9.17, 15) is 14.0 Å². The van der Waals surface area contributed by atoms with E-state index in [0.717, 1.165) is 0 Å². The highest BCUT2D eigenvalue weighted by Gasteiger charge is 2.34. The highest BCUT2D eigenvalue weighted by atomic mass is 19.1. The second kappa shape index (κ2) is 10.1. The molecule has 190 valence electrons. The number of carbonyl (C=O) groups excluding carboxylic acids is 1. The van der Waals surface area contributed by atoms with Crippen LogP contribution in [0, 0.1) is 5.82 Å². The van der Waals surface area contributed by atoms with Crippen LogP contribution < -0.4 is 9.47 Å². The van der Waals surface area contributed by atoms with Gasteiger partial charge in [-0.15, -0.1) is 0 Å². The first-order valence-electron chi connectivity index (χ1n) is 11.4. The van der Waals surface area contributed by atoms with Crippen molar-refractivity contribution in [3.63, 3.8) is 0 Å². The number of carbonyl (C=O) groups is 2. The van der Waals surface area contributed by atoms with Gasteiger partial charge < -0.3 is 28.6 Å². The molecule has 2 aromatic heterocycles. The standard InChI is InChI=1S/C25H21FN4O7/c1-14(23(31)30-12-4-7-20(30)36-25(32)33)34-16-10-8-15(9-11-16)21-28-18-13-27-24(29-22(18)37-21)35-19-6-3-2-5-17(19)26/h2-3,5-6,8-11,13-14,20H,4,7,12H2,1H3,(H,32,33)/t14?,20-/m0/s1. The molecule has 0 saturated carbocycles. The van der Waals surface area contributed by atoms with Crippen LogP contribution in [0.1, 0.15) is 19.8 Å². The van der Waals surface area contributed by atoms with Gasteiger partial charge in [-0.2, -0.15) is 4.98 Å². The van der Waals surface area contributed by atoms with E-state index in [4.69, 9.17) is 23.7 Å². The summed E-state index contributed by atoms with van der Waals surface area (Å²) >= 11 is 0. The number of hydrogen-bond acceptors (Lipinski definition) is 9. The number of carboxylic acid groups (broad SMARTS) is 1. The second-order valence-corrected chi connectivity index (χ2v) is 8.19. The van der Waals surface area contributed by atoms with Crippen LogP contribution in [0.5, 0.6) is 17.5 Å². The average Bonchev–Trinajstić information content (AvgIpc) is 3.51. The van der Waals surface area contributed by atoms with Gasteiger partial charge in [0.25, 0.3) is 11.6 Å². The van der Waals surface area contributed by atoms with Crippen molar-refractivity contribution < 1.29 is 37.7 Å². The van der Waals surface area contributed by atoms with Crippen LogP contribution in [0.2, 0.25) is 0 Å². The Hall–Kier alpha value is -4.74. The van der Waals surface area contributed by atoms with Gasteiger partial charge in [0.05, 0.1) is 6.20 Å². The molecule has 1 fully saturated rings. The molecule has 0 bridgehead atoms. The van der Waals surface area contributed by atoms with E-state index in [1.165, 1.54) is 23.2 Å². The van der Waals surface area contributed by atoms with Crippen LogP contribution in [0.15, 0.2) is 59.1 Å². The van der Waals surface area contributed by atoms with E-state index in [-0.39, 0.29) is 29.3 Å². The molecule has 37 heavy (non-hydrogen) atoms. The van der Waals surface area contributed by atoms with Crippen LogP contribution in [-0.4, -0.2) is 55.9 Å². The zero-order valence-corrected chi connectivity index (χ0v) is 19.5. The van der Waals surface area contributed by atoms with Crippen LogP contribution in [-0.2, 0) is 9.53 Å². The molecular weight excluding hydrogens is 487 g/mol. The summed E-state index contributed by atoms with van der Waals surface area (Å²) in [5.41, 5.74) is 1.18. The molecule has 12 heteroatoms. The van der Waals surface area contributed by atoms with Crippen LogP contribution in [0.25, 0.3) is 22.7 Å². The zero-order chi connectivity index (χ0) is 25.9. The minimum Gasteiger partial charge on any atom is -0.481 e. The molecule has 4 aromatic rings. The summed E-state index contributed by atoms with van der Waals surface area (Å²) in [5, 5.41) is 8.87. The number of para-hydroxylation sites is 1. The third kappa shape index (κ3) is 5.27. The van der Waals surface area contributed by atoms with Crippen molar-refractivity contribution in [2.45, 2.75) is 32.1 Å². The molecule has 1 aliphatic heterocycles. The van der Waals surface area contributed by atoms with E-state index in [1.54, 1.807) is 43.3 Å². The quantitative estimate of drug-likeness (QED) is 0.352. The average molecular weight is 508 g/mol. The fraction of sp³-hybridized carbons (Fsp3) is 0.240. The smallest absolute Gasteiger partial charge is 0.481 e. The number of aromatic nitrogens is 3. The summed E-state index contributed by atoms with van der Waals surface area (Å²) in [5.74, 6) is -0.223. The molecule has 2 atom stereocenters. The molecule has 3 heterocycles. The van der Waals surface area contributed by atoms with Gasteiger partial charge in [-0.3, -0.25) is 4.79 Å². The Bertz CT molecular complexity index is 1440. The van der Waals surface area contributed by atoms with Gasteiger partial charge in [0.2, 0.25) is 5.89 Å². The van der Waals surface area contributed by atoms with Gasteiger partial charge >= 0.3 is 12.2 Å². The Kier molecular flexibility index (Phi) is 6.54. The minimum absolute atomic E-state index is 0.0143. The second-order valence-electron chi connectivity index (χ2n) is 8.19. The minimum atomic E-state index is -1.42. The summed E-state index contributed by atoms with van der Waals surface area (Å²) in [6, 6.07) is 12.5. The van der Waals surface area contributed by atoms with Crippen molar-refractivity contribution in [3.8, 4) is 29.0 Å². The SMILES string of the molecule is CC(Oc1ccc(-c2nc3cnc(Oc4ccccc4F)nc3o2)cc1)C(=O)N1CCC[C@@H]1OC(=O)O. The largest absolute Gasteiger partial charge is 0.507 e. The summed E-state index contributed by atoms with van der Waals surface area (Å²) in [6.07, 6.45) is -0.569.